The van der Waals surface area contributed by atoms with E-state index in [1.54, 1.807) is 12.4 Å². The molecule has 3 heteroatoms. The van der Waals surface area contributed by atoms with Gasteiger partial charge in [-0.1, -0.05) is 26.2 Å². The van der Waals surface area contributed by atoms with Crippen molar-refractivity contribution in [1.82, 2.24) is 4.98 Å². The summed E-state index contributed by atoms with van der Waals surface area (Å²) in [6.45, 7) is 2.80. The summed E-state index contributed by atoms with van der Waals surface area (Å²) in [4.78, 5) is 4.04. The van der Waals surface area contributed by atoms with Gasteiger partial charge in [0.2, 0.25) is 0 Å². The van der Waals surface area contributed by atoms with Crippen molar-refractivity contribution in [2.24, 2.45) is 11.7 Å². The second-order valence-corrected chi connectivity index (χ2v) is 5.13. The fraction of sp³-hybridized carbons (Fsp3) is 0.667. The third-order valence-corrected chi connectivity index (χ3v) is 3.99. The van der Waals surface area contributed by atoms with Crippen LogP contribution in [-0.4, -0.2) is 17.6 Å². The first-order chi connectivity index (χ1) is 8.85. The number of hydrogen-bond donors (Lipinski definition) is 1. The zero-order chi connectivity index (χ0) is 12.8. The number of nitrogens with zero attached hydrogens (tertiary/aromatic N) is 1. The summed E-state index contributed by atoms with van der Waals surface area (Å²) in [5, 5.41) is 0. The van der Waals surface area contributed by atoms with Crippen LogP contribution in [0.25, 0.3) is 0 Å². The van der Waals surface area contributed by atoms with Crippen molar-refractivity contribution in [3.05, 3.63) is 30.1 Å². The van der Waals surface area contributed by atoms with Crippen LogP contribution in [0.1, 0.15) is 50.7 Å². The Morgan fingerprint density at radius 3 is 2.72 bits per heavy atom. The van der Waals surface area contributed by atoms with Crippen LogP contribution in [0.2, 0.25) is 0 Å². The maximum atomic E-state index is 6.28. The highest BCUT2D eigenvalue weighted by atomic mass is 16.5. The first-order valence-electron chi connectivity index (χ1n) is 7.10. The Kier molecular flexibility index (Phi) is 5.14. The molecule has 2 rings (SSSR count). The van der Waals surface area contributed by atoms with Crippen molar-refractivity contribution in [1.29, 1.82) is 0 Å². The standard InChI is InChI=1S/C15H24N2O/c1-2-12-5-3-4-6-14(12)18-15(11-16)13-7-9-17-10-8-13/h7-10,12,14-15H,2-6,11,16H2,1H3. The highest BCUT2D eigenvalue weighted by molar-refractivity contribution is 5.13. The number of pyridine rings is 1. The van der Waals surface area contributed by atoms with E-state index in [9.17, 15) is 0 Å². The molecule has 18 heavy (non-hydrogen) atoms. The van der Waals surface area contributed by atoms with Crippen molar-refractivity contribution in [3.8, 4) is 0 Å². The molecule has 0 saturated heterocycles. The van der Waals surface area contributed by atoms with Crippen molar-refractivity contribution in [3.63, 3.8) is 0 Å². The monoisotopic (exact) mass is 248 g/mol. The molecule has 1 aromatic heterocycles. The summed E-state index contributed by atoms with van der Waals surface area (Å²) in [6, 6.07) is 4.00. The molecule has 3 atom stereocenters. The Balaban J connectivity index is 2.01. The summed E-state index contributed by atoms with van der Waals surface area (Å²) in [5.74, 6) is 0.703. The zero-order valence-electron chi connectivity index (χ0n) is 11.2. The van der Waals surface area contributed by atoms with Gasteiger partial charge in [-0.15, -0.1) is 0 Å². The molecule has 1 aliphatic carbocycles. The molecule has 0 amide bonds. The molecule has 3 nitrogen and oxygen atoms in total. The molecule has 0 radical (unpaired) electrons. The van der Waals surface area contributed by atoms with E-state index < -0.39 is 0 Å². The van der Waals surface area contributed by atoms with Gasteiger partial charge in [-0.2, -0.15) is 0 Å². The number of rotatable bonds is 5. The zero-order valence-corrected chi connectivity index (χ0v) is 11.2. The van der Waals surface area contributed by atoms with E-state index in [1.807, 2.05) is 12.1 Å². The lowest BCUT2D eigenvalue weighted by molar-refractivity contribution is -0.0586. The van der Waals surface area contributed by atoms with Gasteiger partial charge in [0.05, 0.1) is 12.2 Å². The highest BCUT2D eigenvalue weighted by Crippen LogP contribution is 2.32. The van der Waals surface area contributed by atoms with Gasteiger partial charge in [-0.05, 0) is 36.5 Å². The normalized spacial score (nSPS) is 25.9. The van der Waals surface area contributed by atoms with Gasteiger partial charge in [-0.3, -0.25) is 4.98 Å². The van der Waals surface area contributed by atoms with E-state index in [4.69, 9.17) is 10.5 Å². The van der Waals surface area contributed by atoms with E-state index in [0.29, 0.717) is 18.6 Å². The van der Waals surface area contributed by atoms with E-state index in [-0.39, 0.29) is 6.10 Å². The van der Waals surface area contributed by atoms with Gasteiger partial charge in [0.25, 0.3) is 0 Å². The quantitative estimate of drug-likeness (QED) is 0.871. The van der Waals surface area contributed by atoms with Crippen LogP contribution in [0.4, 0.5) is 0 Å². The topological polar surface area (TPSA) is 48.1 Å². The number of aromatic nitrogens is 1. The molecule has 2 N–H and O–H groups in total. The molecule has 1 aliphatic rings. The fourth-order valence-electron chi connectivity index (χ4n) is 2.88. The average molecular weight is 248 g/mol. The summed E-state index contributed by atoms with van der Waals surface area (Å²) in [7, 11) is 0. The lowest BCUT2D eigenvalue weighted by Gasteiger charge is -2.33. The second kappa shape index (κ2) is 6.86. The van der Waals surface area contributed by atoms with Gasteiger partial charge < -0.3 is 10.5 Å². The van der Waals surface area contributed by atoms with E-state index in [2.05, 4.69) is 11.9 Å². The van der Waals surface area contributed by atoms with Crippen LogP contribution in [0, 0.1) is 5.92 Å². The molecule has 1 saturated carbocycles. The summed E-state index contributed by atoms with van der Waals surface area (Å²) in [6.07, 6.45) is 10.3. The number of nitrogens with two attached hydrogens (primary N) is 1. The SMILES string of the molecule is CCC1CCCCC1OC(CN)c1ccncc1. The first-order valence-corrected chi connectivity index (χ1v) is 7.10. The van der Waals surface area contributed by atoms with Crippen molar-refractivity contribution in [2.75, 3.05) is 6.54 Å². The Morgan fingerprint density at radius 2 is 2.06 bits per heavy atom. The molecule has 100 valence electrons. The Labute approximate surface area is 110 Å². The predicted octanol–water partition coefficient (Wildman–Crippen LogP) is 3.07. The third kappa shape index (κ3) is 3.30. The third-order valence-electron chi connectivity index (χ3n) is 3.99. The number of ether oxygens (including phenoxy) is 1. The molecule has 1 heterocycles. The molecule has 0 spiro atoms. The minimum Gasteiger partial charge on any atom is -0.369 e. The maximum absolute atomic E-state index is 6.28. The van der Waals surface area contributed by atoms with Crippen molar-refractivity contribution < 1.29 is 4.74 Å². The molecule has 3 unspecified atom stereocenters. The fourth-order valence-corrected chi connectivity index (χ4v) is 2.88. The van der Waals surface area contributed by atoms with Crippen molar-refractivity contribution in [2.45, 2.75) is 51.2 Å². The van der Waals surface area contributed by atoms with Crippen LogP contribution in [0.5, 0.6) is 0 Å². The van der Waals surface area contributed by atoms with Gasteiger partial charge in [0.1, 0.15) is 0 Å². The molecule has 0 aliphatic heterocycles. The van der Waals surface area contributed by atoms with Crippen molar-refractivity contribution >= 4 is 0 Å². The Morgan fingerprint density at radius 1 is 1.33 bits per heavy atom. The second-order valence-electron chi connectivity index (χ2n) is 5.13. The largest absolute Gasteiger partial charge is 0.369 e. The van der Waals surface area contributed by atoms with Gasteiger partial charge in [-0.25, -0.2) is 0 Å². The molecular weight excluding hydrogens is 224 g/mol. The lowest BCUT2D eigenvalue weighted by Crippen LogP contribution is -2.31. The van der Waals surface area contributed by atoms with Gasteiger partial charge >= 0.3 is 0 Å². The minimum atomic E-state index is 0.0187. The lowest BCUT2D eigenvalue weighted by atomic mass is 9.84. The summed E-state index contributed by atoms with van der Waals surface area (Å²) in [5.41, 5.74) is 7.01. The summed E-state index contributed by atoms with van der Waals surface area (Å²) >= 11 is 0. The average Bonchev–Trinajstić information content (AvgIpc) is 2.46. The van der Waals surface area contributed by atoms with E-state index >= 15 is 0 Å². The number of hydrogen-bond acceptors (Lipinski definition) is 3. The van der Waals surface area contributed by atoms with Crippen LogP contribution in [0.3, 0.4) is 0 Å². The maximum Gasteiger partial charge on any atom is 0.0952 e. The molecule has 1 aromatic rings. The predicted molar refractivity (Wildman–Crippen MR) is 73.2 cm³/mol. The van der Waals surface area contributed by atoms with Gasteiger partial charge in [0.15, 0.2) is 0 Å². The molecule has 0 bridgehead atoms. The van der Waals surface area contributed by atoms with Crippen LogP contribution in [0.15, 0.2) is 24.5 Å². The van der Waals surface area contributed by atoms with Gasteiger partial charge in [0, 0.05) is 18.9 Å². The van der Waals surface area contributed by atoms with Crippen LogP contribution < -0.4 is 5.73 Å². The Hall–Kier alpha value is -0.930. The van der Waals surface area contributed by atoms with Crippen LogP contribution in [-0.2, 0) is 4.74 Å². The molecule has 0 aromatic carbocycles. The van der Waals surface area contributed by atoms with E-state index in [0.717, 1.165) is 5.56 Å². The first kappa shape index (κ1) is 13.5. The van der Waals surface area contributed by atoms with E-state index in [1.165, 1.54) is 32.1 Å². The molecule has 1 fully saturated rings. The Bertz CT molecular complexity index is 342. The summed E-state index contributed by atoms with van der Waals surface area (Å²) < 4.78 is 6.28. The van der Waals surface area contributed by atoms with Crippen LogP contribution >= 0.6 is 0 Å². The minimum absolute atomic E-state index is 0.0187. The molecular formula is C15H24N2O. The highest BCUT2D eigenvalue weighted by Gasteiger charge is 2.27. The smallest absolute Gasteiger partial charge is 0.0952 e.